The van der Waals surface area contributed by atoms with Crippen LogP contribution in [0.15, 0.2) is 28.7 Å². The number of rotatable bonds is 8. The minimum absolute atomic E-state index is 0.00756. The van der Waals surface area contributed by atoms with Crippen molar-refractivity contribution in [2.45, 2.75) is 53.1 Å². The largest absolute Gasteiger partial charge is 0.494 e. The molecular weight excluding hydrogens is 290 g/mol. The third-order valence-electron chi connectivity index (χ3n) is 3.76. The minimum Gasteiger partial charge on any atom is -0.494 e. The maximum absolute atomic E-state index is 5.75. The van der Waals surface area contributed by atoms with E-state index in [1.54, 1.807) is 6.92 Å². The summed E-state index contributed by atoms with van der Waals surface area (Å²) in [6.07, 6.45) is 1.07. The van der Waals surface area contributed by atoms with Crippen molar-refractivity contribution in [3.8, 4) is 5.75 Å². The summed E-state index contributed by atoms with van der Waals surface area (Å²) in [5, 5.41) is 11.4. The molecule has 1 heterocycles. The SMILES string of the molecule is Cc1nnc([C@@H](C)N[C@@H](C)c2ccc(OCCC(C)C)cc2)o1. The van der Waals surface area contributed by atoms with Crippen LogP contribution in [0.5, 0.6) is 5.75 Å². The van der Waals surface area contributed by atoms with Gasteiger partial charge in [-0.3, -0.25) is 5.32 Å². The highest BCUT2D eigenvalue weighted by atomic mass is 16.5. The van der Waals surface area contributed by atoms with E-state index < -0.39 is 0 Å². The number of aryl methyl sites for hydroxylation is 1. The molecule has 0 spiro atoms. The van der Waals surface area contributed by atoms with E-state index in [1.165, 1.54) is 5.56 Å². The van der Waals surface area contributed by atoms with Gasteiger partial charge in [0.25, 0.3) is 0 Å². The minimum atomic E-state index is 0.00756. The molecule has 2 aromatic rings. The summed E-state index contributed by atoms with van der Waals surface area (Å²) in [6.45, 7) is 11.1. The van der Waals surface area contributed by atoms with Gasteiger partial charge in [-0.1, -0.05) is 26.0 Å². The molecule has 0 aliphatic heterocycles. The van der Waals surface area contributed by atoms with Gasteiger partial charge in [-0.15, -0.1) is 10.2 Å². The van der Waals surface area contributed by atoms with Gasteiger partial charge in [-0.25, -0.2) is 0 Å². The van der Waals surface area contributed by atoms with E-state index >= 15 is 0 Å². The molecule has 5 heteroatoms. The highest BCUT2D eigenvalue weighted by Crippen LogP contribution is 2.21. The molecule has 0 radical (unpaired) electrons. The smallest absolute Gasteiger partial charge is 0.233 e. The average Bonchev–Trinajstić information content (AvgIpc) is 2.94. The standard InChI is InChI=1S/C18H27N3O2/c1-12(2)10-11-22-17-8-6-16(7-9-17)13(3)19-14(4)18-21-20-15(5)23-18/h6-9,12-14,19H,10-11H2,1-5H3/t13-,14+/m0/s1. The van der Waals surface area contributed by atoms with Gasteiger partial charge < -0.3 is 9.15 Å². The average molecular weight is 317 g/mol. The fraction of sp³-hybridized carbons (Fsp3) is 0.556. The summed E-state index contributed by atoms with van der Waals surface area (Å²) in [6, 6.07) is 8.42. The summed E-state index contributed by atoms with van der Waals surface area (Å²) in [4.78, 5) is 0. The molecule has 0 aliphatic carbocycles. The van der Waals surface area contributed by atoms with Gasteiger partial charge in [0.05, 0.1) is 12.6 Å². The third-order valence-corrected chi connectivity index (χ3v) is 3.76. The molecule has 0 bridgehead atoms. The summed E-state index contributed by atoms with van der Waals surface area (Å²) in [7, 11) is 0. The van der Waals surface area contributed by atoms with Crippen LogP contribution >= 0.6 is 0 Å². The zero-order chi connectivity index (χ0) is 16.8. The monoisotopic (exact) mass is 317 g/mol. The first-order chi connectivity index (χ1) is 11.0. The lowest BCUT2D eigenvalue weighted by Gasteiger charge is -2.18. The summed E-state index contributed by atoms with van der Waals surface area (Å²) >= 11 is 0. The van der Waals surface area contributed by atoms with Gasteiger partial charge in [-0.05, 0) is 43.9 Å². The number of ether oxygens (including phenoxy) is 1. The van der Waals surface area contributed by atoms with Crippen LogP contribution in [0.1, 0.15) is 63.5 Å². The zero-order valence-corrected chi connectivity index (χ0v) is 14.7. The quantitative estimate of drug-likeness (QED) is 0.790. The normalized spacial score (nSPS) is 14.0. The highest BCUT2D eigenvalue weighted by molar-refractivity contribution is 5.29. The van der Waals surface area contributed by atoms with Crippen LogP contribution in [0.25, 0.3) is 0 Å². The van der Waals surface area contributed by atoms with Gasteiger partial charge in [0, 0.05) is 13.0 Å². The van der Waals surface area contributed by atoms with Gasteiger partial charge in [0.1, 0.15) is 5.75 Å². The Labute approximate surface area is 138 Å². The zero-order valence-electron chi connectivity index (χ0n) is 14.7. The Bertz CT molecular complexity index is 593. The van der Waals surface area contributed by atoms with Crippen molar-refractivity contribution in [2.75, 3.05) is 6.61 Å². The molecule has 0 saturated heterocycles. The van der Waals surface area contributed by atoms with Crippen molar-refractivity contribution < 1.29 is 9.15 Å². The topological polar surface area (TPSA) is 60.2 Å². The fourth-order valence-electron chi connectivity index (χ4n) is 2.29. The molecule has 1 aromatic carbocycles. The second-order valence-electron chi connectivity index (χ2n) is 6.37. The first-order valence-corrected chi connectivity index (χ1v) is 8.24. The molecule has 2 rings (SSSR count). The third kappa shape index (κ3) is 5.36. The van der Waals surface area contributed by atoms with Gasteiger partial charge in [0.2, 0.25) is 11.8 Å². The van der Waals surface area contributed by atoms with Crippen molar-refractivity contribution in [3.63, 3.8) is 0 Å². The van der Waals surface area contributed by atoms with Crippen LogP contribution < -0.4 is 10.1 Å². The lowest BCUT2D eigenvalue weighted by Crippen LogP contribution is -2.22. The lowest BCUT2D eigenvalue weighted by atomic mass is 10.1. The number of hydrogen-bond donors (Lipinski definition) is 1. The van der Waals surface area contributed by atoms with E-state index in [4.69, 9.17) is 9.15 Å². The fourth-order valence-corrected chi connectivity index (χ4v) is 2.29. The Morgan fingerprint density at radius 3 is 2.30 bits per heavy atom. The Morgan fingerprint density at radius 2 is 1.74 bits per heavy atom. The number of aromatic nitrogens is 2. The van der Waals surface area contributed by atoms with Crippen LogP contribution in [0.4, 0.5) is 0 Å². The van der Waals surface area contributed by atoms with E-state index in [1.807, 2.05) is 19.1 Å². The molecule has 0 saturated carbocycles. The van der Waals surface area contributed by atoms with Crippen LogP contribution in [0, 0.1) is 12.8 Å². The molecule has 2 atom stereocenters. The number of nitrogens with zero attached hydrogens (tertiary/aromatic N) is 2. The Kier molecular flexibility index (Phi) is 6.16. The second kappa shape index (κ2) is 8.11. The van der Waals surface area contributed by atoms with E-state index in [9.17, 15) is 0 Å². The molecule has 1 N–H and O–H groups in total. The lowest BCUT2D eigenvalue weighted by molar-refractivity contribution is 0.289. The second-order valence-corrected chi connectivity index (χ2v) is 6.37. The Hall–Kier alpha value is -1.88. The molecule has 23 heavy (non-hydrogen) atoms. The molecule has 5 nitrogen and oxygen atoms in total. The van der Waals surface area contributed by atoms with Crippen LogP contribution in [0.3, 0.4) is 0 Å². The van der Waals surface area contributed by atoms with Gasteiger partial charge in [-0.2, -0.15) is 0 Å². The van der Waals surface area contributed by atoms with Crippen LogP contribution in [-0.2, 0) is 0 Å². The van der Waals surface area contributed by atoms with E-state index in [2.05, 4.69) is 48.4 Å². The van der Waals surface area contributed by atoms with Gasteiger partial charge in [0.15, 0.2) is 0 Å². The van der Waals surface area contributed by atoms with E-state index in [0.29, 0.717) is 17.7 Å². The maximum atomic E-state index is 5.75. The van der Waals surface area contributed by atoms with Crippen molar-refractivity contribution in [3.05, 3.63) is 41.6 Å². The Balaban J connectivity index is 1.88. The summed E-state index contributed by atoms with van der Waals surface area (Å²) < 4.78 is 11.2. The van der Waals surface area contributed by atoms with E-state index in [-0.39, 0.29) is 12.1 Å². The van der Waals surface area contributed by atoms with Crippen molar-refractivity contribution in [1.29, 1.82) is 0 Å². The molecule has 0 fully saturated rings. The predicted molar refractivity (Wildman–Crippen MR) is 90.4 cm³/mol. The summed E-state index contributed by atoms with van der Waals surface area (Å²) in [5.41, 5.74) is 1.20. The number of hydrogen-bond acceptors (Lipinski definition) is 5. The first-order valence-electron chi connectivity index (χ1n) is 8.24. The first kappa shape index (κ1) is 17.5. The van der Waals surface area contributed by atoms with E-state index in [0.717, 1.165) is 18.8 Å². The molecule has 0 aliphatic rings. The predicted octanol–water partition coefficient (Wildman–Crippen LogP) is 4.21. The van der Waals surface area contributed by atoms with Crippen LogP contribution in [-0.4, -0.2) is 16.8 Å². The van der Waals surface area contributed by atoms with Crippen molar-refractivity contribution in [1.82, 2.24) is 15.5 Å². The molecule has 0 amide bonds. The maximum Gasteiger partial charge on any atom is 0.233 e. The Morgan fingerprint density at radius 1 is 1.04 bits per heavy atom. The highest BCUT2D eigenvalue weighted by Gasteiger charge is 2.16. The molecule has 0 unspecified atom stereocenters. The van der Waals surface area contributed by atoms with Crippen molar-refractivity contribution >= 4 is 0 Å². The molecule has 1 aromatic heterocycles. The number of nitrogens with one attached hydrogen (secondary N) is 1. The summed E-state index contributed by atoms with van der Waals surface area (Å²) in [5.74, 6) is 2.78. The molecular formula is C18H27N3O2. The number of benzene rings is 1. The van der Waals surface area contributed by atoms with Crippen molar-refractivity contribution in [2.24, 2.45) is 5.92 Å². The molecule has 126 valence electrons. The van der Waals surface area contributed by atoms with Gasteiger partial charge >= 0.3 is 0 Å². The van der Waals surface area contributed by atoms with Crippen LogP contribution in [0.2, 0.25) is 0 Å².